The van der Waals surface area contributed by atoms with Crippen molar-refractivity contribution < 1.29 is 43.2 Å². The van der Waals surface area contributed by atoms with Gasteiger partial charge in [0.25, 0.3) is 21.8 Å². The normalized spacial score (nSPS) is 11.7. The summed E-state index contributed by atoms with van der Waals surface area (Å²) < 4.78 is 114. The number of benzene rings is 4. The zero-order valence-electron chi connectivity index (χ0n) is 32.0. The minimum absolute atomic E-state index is 0.0000473. The van der Waals surface area contributed by atoms with Crippen LogP contribution in [0.15, 0.2) is 130 Å². The van der Waals surface area contributed by atoms with Gasteiger partial charge in [0.1, 0.15) is 0 Å². The van der Waals surface area contributed by atoms with Gasteiger partial charge in [0.05, 0.1) is 30.2 Å². The van der Waals surface area contributed by atoms with Crippen LogP contribution in [0.2, 0.25) is 0 Å². The van der Waals surface area contributed by atoms with Crippen molar-refractivity contribution in [3.8, 4) is 22.9 Å². The summed E-state index contributed by atoms with van der Waals surface area (Å²) in [6.45, 7) is 9.59. The summed E-state index contributed by atoms with van der Waals surface area (Å²) in [5.41, 5.74) is 3.42. The second-order valence-electron chi connectivity index (χ2n) is 12.6. The number of rotatable bonds is 18. The summed E-state index contributed by atoms with van der Waals surface area (Å²) in [7, 11) is -7.30. The lowest BCUT2D eigenvalue weighted by Gasteiger charge is -2.26. The van der Waals surface area contributed by atoms with Crippen LogP contribution < -0.4 is 8.61 Å². The molecule has 19 heteroatoms. The van der Waals surface area contributed by atoms with E-state index in [1.54, 1.807) is 103 Å². The first-order valence-corrected chi connectivity index (χ1v) is 21.3. The largest absolute Gasteiger partial charge is 0.415 e. The molecule has 2 heterocycles. The molecule has 0 bridgehead atoms. The van der Waals surface area contributed by atoms with Crippen molar-refractivity contribution in [3.63, 3.8) is 0 Å². The number of sulfonamides is 2. The van der Waals surface area contributed by atoms with E-state index in [0.717, 1.165) is 24.1 Å². The van der Waals surface area contributed by atoms with Crippen LogP contribution in [0.4, 0.5) is 28.9 Å². The van der Waals surface area contributed by atoms with Crippen LogP contribution in [0.3, 0.4) is 0 Å². The van der Waals surface area contributed by atoms with Gasteiger partial charge in [-0.3, -0.25) is 8.61 Å². The van der Waals surface area contributed by atoms with Crippen LogP contribution >= 0.6 is 0 Å². The average molecular weight is 856 g/mol. The number of hydrogen-bond acceptors (Lipinski definition) is 11. The lowest BCUT2D eigenvalue weighted by Crippen LogP contribution is -2.37. The number of halogens is 4. The Balaban J connectivity index is 0.000000227. The molecule has 0 unspecified atom stereocenters. The van der Waals surface area contributed by atoms with Crippen LogP contribution in [-0.2, 0) is 33.1 Å². The molecule has 13 nitrogen and oxygen atoms in total. The Morgan fingerprint density at radius 2 is 1.02 bits per heavy atom. The van der Waals surface area contributed by atoms with E-state index >= 15 is 0 Å². The maximum atomic E-state index is 13.2. The molecule has 0 atom stereocenters. The zero-order chi connectivity index (χ0) is 42.6. The standard InChI is InChI=1S/C22H26F2N4O3S.C18H15F2N3O3S/c1-3-27(4-2)14-15-32(29,30)28(19-8-6-5-7-9-19)16-17-10-12-18(13-11-17)21-25-26-22(31-21)20(23)24;1-2-27(24,25)23(15-6-4-3-5-7-15)12-13-8-10-14(11-9-13)17-21-22-18(26-17)16(19)20/h5-13,20H,3-4,14-16H2,1-2H3;2-11,16H,1,12H2. The minimum atomic E-state index is -3.71. The molecular weight excluding hydrogens is 815 g/mol. The fourth-order valence-corrected chi connectivity index (χ4v) is 7.99. The van der Waals surface area contributed by atoms with Gasteiger partial charge in [-0.05, 0) is 72.7 Å². The number of anilines is 2. The molecule has 0 amide bonds. The molecule has 0 aliphatic carbocycles. The second-order valence-corrected chi connectivity index (χ2v) is 16.4. The first-order valence-electron chi connectivity index (χ1n) is 18.1. The van der Waals surface area contributed by atoms with E-state index in [2.05, 4.69) is 31.9 Å². The molecule has 0 aliphatic heterocycles. The molecule has 0 saturated heterocycles. The summed E-state index contributed by atoms with van der Waals surface area (Å²) in [5, 5.41) is 14.7. The third kappa shape index (κ3) is 11.8. The Kier molecular flexibility index (Phi) is 15.1. The first kappa shape index (κ1) is 44.2. The van der Waals surface area contributed by atoms with E-state index in [1.807, 2.05) is 19.9 Å². The van der Waals surface area contributed by atoms with E-state index in [1.165, 1.54) is 8.61 Å². The van der Waals surface area contributed by atoms with E-state index in [9.17, 15) is 34.4 Å². The van der Waals surface area contributed by atoms with Crippen LogP contribution in [-0.4, -0.2) is 67.5 Å². The zero-order valence-corrected chi connectivity index (χ0v) is 33.6. The Morgan fingerprint density at radius 1 is 0.610 bits per heavy atom. The number of aromatic nitrogens is 4. The monoisotopic (exact) mass is 855 g/mol. The summed E-state index contributed by atoms with van der Waals surface area (Å²) in [6, 6.07) is 30.8. The summed E-state index contributed by atoms with van der Waals surface area (Å²) >= 11 is 0. The van der Waals surface area contributed by atoms with Gasteiger partial charge in [-0.1, -0.05) is 81.1 Å². The Hall–Kier alpha value is -5.92. The molecule has 2 aromatic heterocycles. The highest BCUT2D eigenvalue weighted by atomic mass is 32.2. The van der Waals surface area contributed by atoms with Crippen molar-refractivity contribution in [3.05, 3.63) is 144 Å². The highest BCUT2D eigenvalue weighted by Gasteiger charge is 2.25. The number of hydrogen-bond donors (Lipinski definition) is 0. The molecular formula is C40H41F4N7O6S2. The maximum absolute atomic E-state index is 13.2. The highest BCUT2D eigenvalue weighted by Crippen LogP contribution is 2.28. The molecule has 0 fully saturated rings. The molecule has 6 aromatic rings. The van der Waals surface area contributed by atoms with Gasteiger partial charge >= 0.3 is 12.9 Å². The maximum Gasteiger partial charge on any atom is 0.314 e. The van der Waals surface area contributed by atoms with Gasteiger partial charge in [-0.15, -0.1) is 20.4 Å². The van der Waals surface area contributed by atoms with E-state index in [-0.39, 0.29) is 30.6 Å². The first-order chi connectivity index (χ1) is 28.2. The summed E-state index contributed by atoms with van der Waals surface area (Å²) in [6.07, 6.45) is -5.68. The molecule has 0 radical (unpaired) electrons. The van der Waals surface area contributed by atoms with Crippen LogP contribution in [0.5, 0.6) is 0 Å². The van der Waals surface area contributed by atoms with Crippen LogP contribution in [0.1, 0.15) is 49.6 Å². The van der Waals surface area contributed by atoms with Gasteiger partial charge in [-0.25, -0.2) is 16.8 Å². The molecule has 0 spiro atoms. The lowest BCUT2D eigenvalue weighted by molar-refractivity contribution is 0.115. The average Bonchev–Trinajstić information content (AvgIpc) is 3.96. The van der Waals surface area contributed by atoms with Crippen molar-refractivity contribution in [1.29, 1.82) is 0 Å². The third-order valence-corrected chi connectivity index (χ3v) is 11.9. The Morgan fingerprint density at radius 3 is 1.39 bits per heavy atom. The van der Waals surface area contributed by atoms with Crippen molar-refractivity contribution >= 4 is 31.4 Å². The van der Waals surface area contributed by atoms with Crippen molar-refractivity contribution in [2.75, 3.05) is 34.0 Å². The number of para-hydroxylation sites is 2. The van der Waals surface area contributed by atoms with E-state index < -0.39 is 44.7 Å². The Labute approximate surface area is 339 Å². The minimum Gasteiger partial charge on any atom is -0.415 e. The van der Waals surface area contributed by atoms with Crippen molar-refractivity contribution in [1.82, 2.24) is 25.3 Å². The summed E-state index contributed by atoms with van der Waals surface area (Å²) in [4.78, 5) is 2.06. The van der Waals surface area contributed by atoms with Gasteiger partial charge in [0, 0.05) is 23.1 Å². The predicted octanol–water partition coefficient (Wildman–Crippen LogP) is 8.51. The third-order valence-electron chi connectivity index (χ3n) is 8.81. The van der Waals surface area contributed by atoms with Gasteiger partial charge in [-0.2, -0.15) is 17.6 Å². The van der Waals surface area contributed by atoms with Crippen LogP contribution in [0, 0.1) is 0 Å². The highest BCUT2D eigenvalue weighted by molar-refractivity contribution is 7.95. The van der Waals surface area contributed by atoms with Gasteiger partial charge in [0.2, 0.25) is 21.8 Å². The van der Waals surface area contributed by atoms with Gasteiger partial charge in [0.15, 0.2) is 0 Å². The quantitative estimate of drug-likeness (QED) is 0.0764. The molecule has 4 aromatic carbocycles. The molecule has 6 rings (SSSR count). The molecule has 0 saturated carbocycles. The summed E-state index contributed by atoms with van der Waals surface area (Å²) in [5.74, 6) is -1.53. The van der Waals surface area contributed by atoms with Gasteiger partial charge < -0.3 is 13.7 Å². The smallest absolute Gasteiger partial charge is 0.314 e. The fraction of sp³-hybridized carbons (Fsp3) is 0.250. The fourth-order valence-electron chi connectivity index (χ4n) is 5.57. The van der Waals surface area contributed by atoms with E-state index in [4.69, 9.17) is 8.83 Å². The van der Waals surface area contributed by atoms with Crippen LogP contribution in [0.25, 0.3) is 22.9 Å². The molecule has 312 valence electrons. The van der Waals surface area contributed by atoms with Crippen molar-refractivity contribution in [2.45, 2.75) is 39.8 Å². The predicted molar refractivity (Wildman–Crippen MR) is 215 cm³/mol. The Bertz CT molecular complexity index is 2450. The molecule has 0 N–H and O–H groups in total. The van der Waals surface area contributed by atoms with Crippen molar-refractivity contribution in [2.24, 2.45) is 0 Å². The molecule has 59 heavy (non-hydrogen) atoms. The second kappa shape index (κ2) is 20.2. The topological polar surface area (TPSA) is 156 Å². The molecule has 0 aliphatic rings. The number of alkyl halides is 4. The van der Waals surface area contributed by atoms with E-state index in [0.29, 0.717) is 34.6 Å². The SMILES string of the molecule is C=CS(=O)(=O)N(Cc1ccc(-c2nnc(C(F)F)o2)cc1)c1ccccc1.CCN(CC)CCS(=O)(=O)N(Cc1ccc(-c2nnc(C(F)F)o2)cc1)c1ccccc1. The number of nitrogens with zero attached hydrogens (tertiary/aromatic N) is 7. The lowest BCUT2D eigenvalue weighted by atomic mass is 10.1.